The Morgan fingerprint density at radius 2 is 2.04 bits per heavy atom. The average Bonchev–Trinajstić information content (AvgIpc) is 3.08. The summed E-state index contributed by atoms with van der Waals surface area (Å²) in [5, 5.41) is 1.42. The summed E-state index contributed by atoms with van der Waals surface area (Å²) in [5.41, 5.74) is 7.95. The van der Waals surface area contributed by atoms with Crippen molar-refractivity contribution < 1.29 is 4.79 Å². The number of nitrogens with zero attached hydrogens (tertiary/aromatic N) is 1. The Labute approximate surface area is 172 Å². The highest BCUT2D eigenvalue weighted by Crippen LogP contribution is 2.27. The fraction of sp³-hybridized carbons (Fsp3) is 0.300. The van der Waals surface area contributed by atoms with Gasteiger partial charge in [-0.05, 0) is 54.8 Å². The van der Waals surface area contributed by atoms with Crippen LogP contribution in [0.2, 0.25) is 5.02 Å². The summed E-state index contributed by atoms with van der Waals surface area (Å²) in [6.07, 6.45) is 3.90. The third-order valence-corrected chi connectivity index (χ3v) is 6.19. The van der Waals surface area contributed by atoms with E-state index in [0.29, 0.717) is 17.3 Å². The molecule has 1 aromatic heterocycles. The van der Waals surface area contributed by atoms with Gasteiger partial charge in [-0.1, -0.05) is 42.3 Å². The van der Waals surface area contributed by atoms with Gasteiger partial charge in [-0.2, -0.15) is 0 Å². The van der Waals surface area contributed by atoms with Crippen LogP contribution in [0.15, 0.2) is 47.4 Å². The molecule has 2 N–H and O–H groups in total. The average molecular weight is 420 g/mol. The molecule has 0 fully saturated rings. The van der Waals surface area contributed by atoms with Crippen LogP contribution in [0, 0.1) is 0 Å². The summed E-state index contributed by atoms with van der Waals surface area (Å²) in [6, 6.07) is 14.0. The summed E-state index contributed by atoms with van der Waals surface area (Å²) < 4.78 is 1.14. The van der Waals surface area contributed by atoms with Crippen molar-refractivity contribution in [1.82, 2.24) is 10.4 Å². The second-order valence-electron chi connectivity index (χ2n) is 6.15. The molecule has 0 aliphatic rings. The third kappa shape index (κ3) is 6.13. The van der Waals surface area contributed by atoms with Crippen molar-refractivity contribution in [3.8, 4) is 0 Å². The summed E-state index contributed by atoms with van der Waals surface area (Å²) in [7, 11) is 0. The van der Waals surface area contributed by atoms with E-state index < -0.39 is 0 Å². The first-order chi connectivity index (χ1) is 13.1. The number of thioether (sulfide) groups is 1. The minimum Gasteiger partial charge on any atom is -0.273 e. The zero-order chi connectivity index (χ0) is 19.1. The van der Waals surface area contributed by atoms with Crippen molar-refractivity contribution in [3.05, 3.63) is 53.1 Å². The van der Waals surface area contributed by atoms with Gasteiger partial charge in [0.05, 0.1) is 10.2 Å². The van der Waals surface area contributed by atoms with Gasteiger partial charge >= 0.3 is 0 Å². The van der Waals surface area contributed by atoms with E-state index in [9.17, 15) is 4.79 Å². The molecule has 4 nitrogen and oxygen atoms in total. The molecular weight excluding hydrogens is 398 g/mol. The van der Waals surface area contributed by atoms with Crippen molar-refractivity contribution in [2.75, 3.05) is 11.2 Å². The smallest absolute Gasteiger partial charge is 0.239 e. The van der Waals surface area contributed by atoms with E-state index in [1.54, 1.807) is 23.1 Å². The van der Waals surface area contributed by atoms with Gasteiger partial charge in [0, 0.05) is 22.1 Å². The largest absolute Gasteiger partial charge is 0.273 e. The number of rotatable bonds is 9. The van der Waals surface area contributed by atoms with Crippen LogP contribution in [0.3, 0.4) is 0 Å². The van der Waals surface area contributed by atoms with Crippen molar-refractivity contribution in [2.45, 2.75) is 37.5 Å². The minimum atomic E-state index is -0.0562. The maximum Gasteiger partial charge on any atom is 0.239 e. The van der Waals surface area contributed by atoms with Crippen LogP contribution in [0.4, 0.5) is 5.13 Å². The predicted octanol–water partition coefficient (Wildman–Crippen LogP) is 5.92. The quantitative estimate of drug-likeness (QED) is 0.334. The number of fused-ring (bicyclic) bond motifs is 1. The summed E-state index contributed by atoms with van der Waals surface area (Å²) in [6.45, 7) is 2.20. The number of amides is 1. The molecule has 0 saturated heterocycles. The number of thiazole rings is 1. The molecule has 142 valence electrons. The highest BCUT2D eigenvalue weighted by atomic mass is 35.5. The lowest BCUT2D eigenvalue weighted by Gasteiger charge is -2.05. The van der Waals surface area contributed by atoms with Crippen LogP contribution in [0.25, 0.3) is 10.2 Å². The second kappa shape index (κ2) is 9.97. The van der Waals surface area contributed by atoms with E-state index >= 15 is 0 Å². The Kier molecular flexibility index (Phi) is 7.38. The van der Waals surface area contributed by atoms with Crippen LogP contribution in [-0.2, 0) is 11.2 Å². The van der Waals surface area contributed by atoms with E-state index in [-0.39, 0.29) is 5.91 Å². The molecule has 3 rings (SSSR count). The van der Waals surface area contributed by atoms with Gasteiger partial charge < -0.3 is 0 Å². The first kappa shape index (κ1) is 20.0. The van der Waals surface area contributed by atoms with Gasteiger partial charge in [0.25, 0.3) is 0 Å². The molecule has 0 unspecified atom stereocenters. The number of carbonyl (C=O) groups excluding carboxylic acids is 1. The minimum absolute atomic E-state index is 0.0562. The highest BCUT2D eigenvalue weighted by molar-refractivity contribution is 7.99. The van der Waals surface area contributed by atoms with Crippen LogP contribution >= 0.6 is 34.7 Å². The van der Waals surface area contributed by atoms with Gasteiger partial charge in [0.15, 0.2) is 0 Å². The van der Waals surface area contributed by atoms with Gasteiger partial charge in [-0.15, -0.1) is 11.8 Å². The summed E-state index contributed by atoms with van der Waals surface area (Å²) in [5.74, 6) is 0.648. The topological polar surface area (TPSA) is 54.0 Å². The lowest BCUT2D eigenvalue weighted by atomic mass is 10.1. The maximum absolute atomic E-state index is 12.0. The van der Waals surface area contributed by atoms with Crippen molar-refractivity contribution in [3.63, 3.8) is 0 Å². The van der Waals surface area contributed by atoms with Crippen LogP contribution in [-0.4, -0.2) is 16.6 Å². The number of hydrogen-bond donors (Lipinski definition) is 2. The molecule has 0 bridgehead atoms. The Morgan fingerprint density at radius 3 is 2.81 bits per heavy atom. The van der Waals surface area contributed by atoms with Crippen LogP contribution in [0.1, 0.15) is 31.7 Å². The van der Waals surface area contributed by atoms with Gasteiger partial charge in [-0.3, -0.25) is 15.6 Å². The number of unbranched alkanes of at least 4 members (excludes halogenated alkanes) is 1. The van der Waals surface area contributed by atoms with Crippen LogP contribution in [0.5, 0.6) is 0 Å². The van der Waals surface area contributed by atoms with E-state index in [1.807, 2.05) is 30.3 Å². The SMILES string of the molecule is CCCCc1ccc2nc(NNC(=O)CCSc3ccc(Cl)cc3)sc2c1. The lowest BCUT2D eigenvalue weighted by Crippen LogP contribution is -2.29. The van der Waals surface area contributed by atoms with Gasteiger partial charge in [-0.25, -0.2) is 4.98 Å². The molecule has 1 heterocycles. The number of hydrogen-bond acceptors (Lipinski definition) is 5. The fourth-order valence-corrected chi connectivity index (χ4v) is 4.40. The van der Waals surface area contributed by atoms with Crippen molar-refractivity contribution in [1.29, 1.82) is 0 Å². The molecular formula is C20H22ClN3OS2. The summed E-state index contributed by atoms with van der Waals surface area (Å²) >= 11 is 9.05. The van der Waals surface area contributed by atoms with Gasteiger partial charge in [0.1, 0.15) is 0 Å². The lowest BCUT2D eigenvalue weighted by molar-refractivity contribution is -0.120. The number of hydrazine groups is 1. The third-order valence-electron chi connectivity index (χ3n) is 3.99. The molecule has 0 aliphatic heterocycles. The second-order valence-corrected chi connectivity index (χ2v) is 8.79. The molecule has 0 aliphatic carbocycles. The monoisotopic (exact) mass is 419 g/mol. The first-order valence-electron chi connectivity index (χ1n) is 8.96. The maximum atomic E-state index is 12.0. The molecule has 7 heteroatoms. The van der Waals surface area contributed by atoms with E-state index in [1.165, 1.54) is 18.4 Å². The predicted molar refractivity (Wildman–Crippen MR) is 117 cm³/mol. The van der Waals surface area contributed by atoms with Crippen molar-refractivity contribution in [2.24, 2.45) is 0 Å². The number of aromatic nitrogens is 1. The first-order valence-corrected chi connectivity index (χ1v) is 11.1. The van der Waals surface area contributed by atoms with Gasteiger partial charge in [0.2, 0.25) is 11.0 Å². The van der Waals surface area contributed by atoms with E-state index in [0.717, 1.165) is 26.6 Å². The number of anilines is 1. The Hall–Kier alpha value is -1.76. The Balaban J connectivity index is 1.45. The molecule has 2 aromatic carbocycles. The fourth-order valence-electron chi connectivity index (χ4n) is 2.54. The standard InChI is InChI=1S/C20H22ClN3OS2/c1-2-3-4-14-5-10-17-18(13-14)27-20(22-17)24-23-19(25)11-12-26-16-8-6-15(21)7-9-16/h5-10,13H,2-4,11-12H2,1H3,(H,22,24)(H,23,25). The molecule has 0 atom stereocenters. The number of carbonyl (C=O) groups is 1. The molecule has 0 saturated carbocycles. The Morgan fingerprint density at radius 1 is 1.22 bits per heavy atom. The molecule has 3 aromatic rings. The van der Waals surface area contributed by atoms with Crippen molar-refractivity contribution >= 4 is 56.0 Å². The number of aryl methyl sites for hydroxylation is 1. The summed E-state index contributed by atoms with van der Waals surface area (Å²) in [4.78, 5) is 17.6. The van der Waals surface area contributed by atoms with E-state index in [2.05, 4.69) is 34.9 Å². The van der Waals surface area contributed by atoms with E-state index in [4.69, 9.17) is 11.6 Å². The molecule has 1 amide bonds. The normalized spacial score (nSPS) is 10.9. The van der Waals surface area contributed by atoms with Crippen LogP contribution < -0.4 is 10.9 Å². The molecule has 0 spiro atoms. The number of nitrogens with one attached hydrogen (secondary N) is 2. The Bertz CT molecular complexity index is 896. The molecule has 27 heavy (non-hydrogen) atoms. The molecule has 0 radical (unpaired) electrons. The highest BCUT2D eigenvalue weighted by Gasteiger charge is 2.07. The zero-order valence-corrected chi connectivity index (χ0v) is 17.5. The zero-order valence-electron chi connectivity index (χ0n) is 15.1. The number of benzene rings is 2. The number of halogens is 1.